The van der Waals surface area contributed by atoms with E-state index in [1.165, 1.54) is 0 Å². The average Bonchev–Trinajstić information content (AvgIpc) is 2.18. The minimum Gasteiger partial charge on any atom is -0.480 e. The van der Waals surface area contributed by atoms with E-state index in [2.05, 4.69) is 21.2 Å². The molecule has 2 rings (SSSR count). The van der Waals surface area contributed by atoms with Gasteiger partial charge in [-0.05, 0) is 36.6 Å². The van der Waals surface area contributed by atoms with Crippen molar-refractivity contribution in [3.63, 3.8) is 0 Å². The van der Waals surface area contributed by atoms with Crippen LogP contribution in [0.25, 0.3) is 0 Å². The maximum absolute atomic E-state index is 11.2. The highest BCUT2D eigenvalue weighted by molar-refractivity contribution is 9.10. The van der Waals surface area contributed by atoms with E-state index < -0.39 is 12.0 Å². The number of carboxylic acid groups (broad SMARTS) is 1. The number of carboxylic acids is 1. The Bertz CT molecular complexity index is 450. The largest absolute Gasteiger partial charge is 0.480 e. The van der Waals surface area contributed by atoms with Crippen LogP contribution in [0.2, 0.25) is 5.02 Å². The van der Waals surface area contributed by atoms with E-state index in [1.54, 1.807) is 6.07 Å². The quantitative estimate of drug-likeness (QED) is 0.839. The molecular formula is C11H11BrClNO2. The molecule has 1 heterocycles. The fourth-order valence-electron chi connectivity index (χ4n) is 2.04. The van der Waals surface area contributed by atoms with Crippen LogP contribution in [0, 0.1) is 0 Å². The first-order valence-electron chi connectivity index (χ1n) is 4.95. The fraction of sp³-hybridized carbons (Fsp3) is 0.364. The zero-order chi connectivity index (χ0) is 11.9. The Labute approximate surface area is 107 Å². The Balaban J connectivity index is 2.56. The molecule has 0 aliphatic carbocycles. The molecule has 0 saturated carbocycles. The molecule has 16 heavy (non-hydrogen) atoms. The van der Waals surface area contributed by atoms with Crippen molar-refractivity contribution in [3.05, 3.63) is 32.8 Å². The van der Waals surface area contributed by atoms with Crippen molar-refractivity contribution in [1.29, 1.82) is 0 Å². The number of fused-ring (bicyclic) bond motifs is 1. The van der Waals surface area contributed by atoms with Gasteiger partial charge in [-0.15, -0.1) is 0 Å². The topological polar surface area (TPSA) is 49.3 Å². The number of rotatable bonds is 1. The minimum atomic E-state index is -0.873. The zero-order valence-corrected chi connectivity index (χ0v) is 11.0. The lowest BCUT2D eigenvalue weighted by Gasteiger charge is -2.29. The van der Waals surface area contributed by atoms with Gasteiger partial charge in [0.15, 0.2) is 0 Å². The van der Waals surface area contributed by atoms with E-state index in [4.69, 9.17) is 16.7 Å². The Morgan fingerprint density at radius 2 is 2.31 bits per heavy atom. The van der Waals surface area contributed by atoms with E-state index in [-0.39, 0.29) is 6.04 Å². The summed E-state index contributed by atoms with van der Waals surface area (Å²) in [6.45, 7) is 1.96. The highest BCUT2D eigenvalue weighted by Crippen LogP contribution is 2.33. The lowest BCUT2D eigenvalue weighted by Crippen LogP contribution is -2.41. The SMILES string of the molecule is CC1Cc2c(Cl)cc(Br)cc2C(C(=O)O)N1. The first-order chi connectivity index (χ1) is 7.49. The highest BCUT2D eigenvalue weighted by Gasteiger charge is 2.30. The van der Waals surface area contributed by atoms with Gasteiger partial charge in [-0.25, -0.2) is 0 Å². The summed E-state index contributed by atoms with van der Waals surface area (Å²) in [5, 5.41) is 12.8. The minimum absolute atomic E-state index is 0.118. The van der Waals surface area contributed by atoms with Gasteiger partial charge in [0, 0.05) is 15.5 Å². The van der Waals surface area contributed by atoms with Crippen LogP contribution in [0.5, 0.6) is 0 Å². The first kappa shape index (κ1) is 11.9. The van der Waals surface area contributed by atoms with Gasteiger partial charge < -0.3 is 5.11 Å². The molecule has 1 aromatic rings. The van der Waals surface area contributed by atoms with Crippen molar-refractivity contribution in [3.8, 4) is 0 Å². The summed E-state index contributed by atoms with van der Waals surface area (Å²) in [6, 6.07) is 3.07. The van der Waals surface area contributed by atoms with Crippen molar-refractivity contribution in [2.24, 2.45) is 0 Å². The normalized spacial score (nSPS) is 23.9. The number of hydrogen-bond acceptors (Lipinski definition) is 2. The Kier molecular flexibility index (Phi) is 3.24. The van der Waals surface area contributed by atoms with Crippen LogP contribution in [-0.2, 0) is 11.2 Å². The number of carbonyl (C=O) groups is 1. The molecule has 2 unspecified atom stereocenters. The second kappa shape index (κ2) is 4.35. The summed E-state index contributed by atoms with van der Waals surface area (Å²) >= 11 is 9.46. The summed E-state index contributed by atoms with van der Waals surface area (Å²) < 4.78 is 0.804. The van der Waals surface area contributed by atoms with Crippen molar-refractivity contribution in [2.45, 2.75) is 25.4 Å². The highest BCUT2D eigenvalue weighted by atomic mass is 79.9. The molecule has 3 nitrogen and oxygen atoms in total. The van der Waals surface area contributed by atoms with Crippen LogP contribution < -0.4 is 5.32 Å². The van der Waals surface area contributed by atoms with Crippen LogP contribution >= 0.6 is 27.5 Å². The molecule has 2 atom stereocenters. The average molecular weight is 305 g/mol. The van der Waals surface area contributed by atoms with Crippen LogP contribution in [-0.4, -0.2) is 17.1 Å². The maximum Gasteiger partial charge on any atom is 0.325 e. The standard InChI is InChI=1S/C11H11BrClNO2/c1-5-2-7-8(10(14-5)11(15)16)3-6(12)4-9(7)13/h3-5,10,14H,2H2,1H3,(H,15,16). The summed E-state index contributed by atoms with van der Waals surface area (Å²) in [7, 11) is 0. The Morgan fingerprint density at radius 1 is 1.62 bits per heavy atom. The van der Waals surface area contributed by atoms with E-state index in [9.17, 15) is 4.79 Å². The van der Waals surface area contributed by atoms with Gasteiger partial charge in [0.2, 0.25) is 0 Å². The van der Waals surface area contributed by atoms with Gasteiger partial charge in [-0.2, -0.15) is 0 Å². The number of benzene rings is 1. The third kappa shape index (κ3) is 2.10. The third-order valence-electron chi connectivity index (χ3n) is 2.71. The van der Waals surface area contributed by atoms with Crippen LogP contribution in [0.1, 0.15) is 24.1 Å². The van der Waals surface area contributed by atoms with Crippen molar-refractivity contribution < 1.29 is 9.90 Å². The smallest absolute Gasteiger partial charge is 0.325 e. The van der Waals surface area contributed by atoms with E-state index in [1.807, 2.05) is 13.0 Å². The third-order valence-corrected chi connectivity index (χ3v) is 3.51. The van der Waals surface area contributed by atoms with E-state index in [0.717, 1.165) is 22.0 Å². The summed E-state index contributed by atoms with van der Waals surface area (Å²) in [4.78, 5) is 11.2. The zero-order valence-electron chi connectivity index (χ0n) is 8.63. The summed E-state index contributed by atoms with van der Waals surface area (Å²) in [5.41, 5.74) is 1.69. The molecule has 0 radical (unpaired) electrons. The maximum atomic E-state index is 11.2. The second-order valence-electron chi connectivity index (χ2n) is 4.00. The Hall–Kier alpha value is -0.580. The molecule has 1 aliphatic rings. The number of nitrogens with one attached hydrogen (secondary N) is 1. The molecule has 5 heteroatoms. The molecule has 0 spiro atoms. The van der Waals surface area contributed by atoms with Gasteiger partial charge in [-0.3, -0.25) is 10.1 Å². The summed E-state index contributed by atoms with van der Waals surface area (Å²) in [6.07, 6.45) is 0.755. The summed E-state index contributed by atoms with van der Waals surface area (Å²) in [5.74, 6) is -0.873. The molecule has 0 amide bonds. The van der Waals surface area contributed by atoms with Crippen LogP contribution in [0.15, 0.2) is 16.6 Å². The van der Waals surface area contributed by atoms with Gasteiger partial charge in [0.1, 0.15) is 6.04 Å². The molecule has 1 aromatic carbocycles. The predicted octanol–water partition coefficient (Wildman–Crippen LogP) is 2.76. The molecule has 1 aliphatic heterocycles. The lowest BCUT2D eigenvalue weighted by atomic mass is 9.91. The van der Waals surface area contributed by atoms with Gasteiger partial charge >= 0.3 is 5.97 Å². The molecule has 0 bridgehead atoms. The van der Waals surface area contributed by atoms with E-state index in [0.29, 0.717) is 5.02 Å². The second-order valence-corrected chi connectivity index (χ2v) is 5.32. The monoisotopic (exact) mass is 303 g/mol. The molecule has 0 aromatic heterocycles. The van der Waals surface area contributed by atoms with Crippen molar-refractivity contribution >= 4 is 33.5 Å². The van der Waals surface area contributed by atoms with Gasteiger partial charge in [-0.1, -0.05) is 27.5 Å². The molecule has 0 saturated heterocycles. The van der Waals surface area contributed by atoms with Gasteiger partial charge in [0.05, 0.1) is 0 Å². The van der Waals surface area contributed by atoms with E-state index >= 15 is 0 Å². The predicted molar refractivity (Wildman–Crippen MR) is 65.8 cm³/mol. The molecule has 86 valence electrons. The fourth-order valence-corrected chi connectivity index (χ4v) is 2.95. The molecule has 2 N–H and O–H groups in total. The van der Waals surface area contributed by atoms with Crippen LogP contribution in [0.4, 0.5) is 0 Å². The number of aliphatic carboxylic acids is 1. The lowest BCUT2D eigenvalue weighted by molar-refractivity contribution is -0.140. The van der Waals surface area contributed by atoms with Gasteiger partial charge in [0.25, 0.3) is 0 Å². The number of halogens is 2. The first-order valence-corrected chi connectivity index (χ1v) is 6.13. The van der Waals surface area contributed by atoms with Crippen molar-refractivity contribution in [2.75, 3.05) is 0 Å². The molecular weight excluding hydrogens is 293 g/mol. The molecule has 0 fully saturated rings. The van der Waals surface area contributed by atoms with Crippen molar-refractivity contribution in [1.82, 2.24) is 5.32 Å². The van der Waals surface area contributed by atoms with Crippen LogP contribution in [0.3, 0.4) is 0 Å². The number of hydrogen-bond donors (Lipinski definition) is 2. The Morgan fingerprint density at radius 3 is 2.94 bits per heavy atom.